The summed E-state index contributed by atoms with van der Waals surface area (Å²) >= 11 is 0. The van der Waals surface area contributed by atoms with Crippen LogP contribution in [-0.2, 0) is 0 Å². The van der Waals surface area contributed by atoms with Crippen LogP contribution in [0, 0.1) is 0 Å². The maximum Gasteiger partial charge on any atom is 0.426 e. The van der Waals surface area contributed by atoms with Crippen LogP contribution in [0.3, 0.4) is 0 Å². The molecule has 0 saturated heterocycles. The van der Waals surface area contributed by atoms with Crippen molar-refractivity contribution < 1.29 is 9.52 Å². The molecule has 0 atom stereocenters. The molecule has 0 bridgehead atoms. The molecule has 0 fully saturated rings. The molecular formula is C9H7NO3. The van der Waals surface area contributed by atoms with Crippen LogP contribution in [0.1, 0.15) is 0 Å². The average molecular weight is 177 g/mol. The van der Waals surface area contributed by atoms with Crippen molar-refractivity contribution in [1.29, 1.82) is 0 Å². The fourth-order valence-corrected chi connectivity index (χ4v) is 1.10. The van der Waals surface area contributed by atoms with E-state index in [1.54, 1.807) is 24.3 Å². The van der Waals surface area contributed by atoms with Crippen LogP contribution < -0.4 is 5.76 Å². The van der Waals surface area contributed by atoms with Gasteiger partial charge in [-0.15, -0.1) is 0 Å². The van der Waals surface area contributed by atoms with Crippen LogP contribution in [0.25, 0.3) is 5.69 Å². The van der Waals surface area contributed by atoms with E-state index in [1.807, 2.05) is 6.07 Å². The van der Waals surface area contributed by atoms with E-state index in [-0.39, 0.29) is 5.95 Å². The lowest BCUT2D eigenvalue weighted by molar-refractivity contribution is 0.318. The molecule has 2 aromatic rings. The third-order valence-electron chi connectivity index (χ3n) is 1.66. The molecule has 0 radical (unpaired) electrons. The van der Waals surface area contributed by atoms with Gasteiger partial charge in [0.25, 0.3) is 0 Å². The molecule has 4 heteroatoms. The van der Waals surface area contributed by atoms with Crippen LogP contribution in [0.15, 0.2) is 45.7 Å². The second-order valence-corrected chi connectivity index (χ2v) is 2.54. The van der Waals surface area contributed by atoms with Gasteiger partial charge in [0.15, 0.2) is 0 Å². The standard InChI is InChI=1S/C9H7NO3/c11-8-6-10(9(12)13-8)7-4-2-1-3-5-7/h1-6,11H. The molecular weight excluding hydrogens is 170 g/mol. The Morgan fingerprint density at radius 2 is 1.92 bits per heavy atom. The van der Waals surface area contributed by atoms with Crippen molar-refractivity contribution in [3.63, 3.8) is 0 Å². The number of rotatable bonds is 1. The van der Waals surface area contributed by atoms with E-state index in [1.165, 1.54) is 10.8 Å². The van der Waals surface area contributed by atoms with Gasteiger partial charge >= 0.3 is 11.7 Å². The van der Waals surface area contributed by atoms with Gasteiger partial charge in [-0.2, -0.15) is 0 Å². The smallest absolute Gasteiger partial charge is 0.426 e. The average Bonchev–Trinajstić information content (AvgIpc) is 2.47. The molecule has 4 nitrogen and oxygen atoms in total. The Bertz CT molecular complexity index is 455. The number of hydrogen-bond donors (Lipinski definition) is 1. The van der Waals surface area contributed by atoms with Crippen molar-refractivity contribution in [2.75, 3.05) is 0 Å². The molecule has 1 aromatic carbocycles. The summed E-state index contributed by atoms with van der Waals surface area (Å²) in [7, 11) is 0. The topological polar surface area (TPSA) is 55.4 Å². The zero-order chi connectivity index (χ0) is 9.26. The van der Waals surface area contributed by atoms with Gasteiger partial charge in [0, 0.05) is 0 Å². The molecule has 1 aromatic heterocycles. The largest absolute Gasteiger partial charge is 0.480 e. The summed E-state index contributed by atoms with van der Waals surface area (Å²) in [5, 5.41) is 8.91. The van der Waals surface area contributed by atoms with Gasteiger partial charge in [-0.1, -0.05) is 18.2 Å². The Morgan fingerprint density at radius 1 is 1.23 bits per heavy atom. The Balaban J connectivity index is 2.59. The fourth-order valence-electron chi connectivity index (χ4n) is 1.10. The van der Waals surface area contributed by atoms with Crippen molar-refractivity contribution in [1.82, 2.24) is 4.57 Å². The normalized spacial score (nSPS) is 10.2. The lowest BCUT2D eigenvalue weighted by atomic mass is 10.3. The summed E-state index contributed by atoms with van der Waals surface area (Å²) in [6, 6.07) is 8.93. The molecule has 1 N–H and O–H groups in total. The van der Waals surface area contributed by atoms with Crippen molar-refractivity contribution in [3.05, 3.63) is 47.1 Å². The number of nitrogens with zero attached hydrogens (tertiary/aromatic N) is 1. The van der Waals surface area contributed by atoms with Crippen LogP contribution in [0.5, 0.6) is 5.95 Å². The van der Waals surface area contributed by atoms with Gasteiger partial charge < -0.3 is 9.52 Å². The summed E-state index contributed by atoms with van der Waals surface area (Å²) in [6.07, 6.45) is 1.23. The molecule has 2 rings (SSSR count). The maximum atomic E-state index is 11.1. The minimum Gasteiger partial charge on any atom is -0.480 e. The number of oxazole rings is 1. The summed E-state index contributed by atoms with van der Waals surface area (Å²) in [4.78, 5) is 11.1. The number of benzene rings is 1. The summed E-state index contributed by atoms with van der Waals surface area (Å²) in [6.45, 7) is 0. The summed E-state index contributed by atoms with van der Waals surface area (Å²) in [5.41, 5.74) is 0.663. The highest BCUT2D eigenvalue weighted by Gasteiger charge is 2.04. The Hall–Kier alpha value is -1.97. The first kappa shape index (κ1) is 7.67. The Kier molecular flexibility index (Phi) is 1.66. The zero-order valence-corrected chi connectivity index (χ0v) is 6.68. The van der Waals surface area contributed by atoms with Crippen LogP contribution in [-0.4, -0.2) is 9.67 Å². The Morgan fingerprint density at radius 3 is 2.46 bits per heavy atom. The number of aromatic nitrogens is 1. The first-order valence-corrected chi connectivity index (χ1v) is 3.74. The van der Waals surface area contributed by atoms with Crippen molar-refractivity contribution in [3.8, 4) is 11.6 Å². The maximum absolute atomic E-state index is 11.1. The molecule has 0 unspecified atom stereocenters. The van der Waals surface area contributed by atoms with Gasteiger partial charge in [0.1, 0.15) is 0 Å². The summed E-state index contributed by atoms with van der Waals surface area (Å²) in [5.74, 6) is -0.974. The van der Waals surface area contributed by atoms with E-state index in [0.717, 1.165) is 0 Å². The fraction of sp³-hybridized carbons (Fsp3) is 0. The molecule has 0 amide bonds. The number of aromatic hydroxyl groups is 1. The van der Waals surface area contributed by atoms with Gasteiger partial charge in [-0.05, 0) is 12.1 Å². The van der Waals surface area contributed by atoms with E-state index in [4.69, 9.17) is 5.11 Å². The molecule has 0 spiro atoms. The van der Waals surface area contributed by atoms with E-state index in [0.29, 0.717) is 5.69 Å². The number of para-hydroxylation sites is 1. The second-order valence-electron chi connectivity index (χ2n) is 2.54. The minimum absolute atomic E-state index is 0.381. The van der Waals surface area contributed by atoms with Gasteiger partial charge in [0.05, 0.1) is 11.9 Å². The quantitative estimate of drug-likeness (QED) is 0.710. The molecule has 0 saturated carbocycles. The van der Waals surface area contributed by atoms with E-state index in [9.17, 15) is 4.79 Å². The first-order valence-electron chi connectivity index (χ1n) is 3.74. The lowest BCUT2D eigenvalue weighted by Gasteiger charge is -1.96. The van der Waals surface area contributed by atoms with Crippen molar-refractivity contribution in [2.24, 2.45) is 0 Å². The van der Waals surface area contributed by atoms with E-state index in [2.05, 4.69) is 4.42 Å². The monoisotopic (exact) mass is 177 g/mol. The van der Waals surface area contributed by atoms with Crippen molar-refractivity contribution in [2.45, 2.75) is 0 Å². The van der Waals surface area contributed by atoms with Gasteiger partial charge in [-0.25, -0.2) is 9.36 Å². The SMILES string of the molecule is O=c1oc(O)cn1-c1ccccc1. The van der Waals surface area contributed by atoms with Crippen LogP contribution >= 0.6 is 0 Å². The van der Waals surface area contributed by atoms with Crippen molar-refractivity contribution >= 4 is 0 Å². The zero-order valence-electron chi connectivity index (χ0n) is 6.68. The first-order chi connectivity index (χ1) is 6.27. The lowest BCUT2D eigenvalue weighted by Crippen LogP contribution is -2.10. The van der Waals surface area contributed by atoms with E-state index >= 15 is 0 Å². The predicted octanol–water partition coefficient (Wildman–Crippen LogP) is 1.14. The molecule has 13 heavy (non-hydrogen) atoms. The van der Waals surface area contributed by atoms with Crippen LogP contribution in [0.2, 0.25) is 0 Å². The highest BCUT2D eigenvalue weighted by atomic mass is 16.5. The molecule has 0 aliphatic carbocycles. The molecule has 0 aliphatic rings. The highest BCUT2D eigenvalue weighted by molar-refractivity contribution is 5.31. The minimum atomic E-state index is -0.594. The molecule has 0 aliphatic heterocycles. The molecule has 66 valence electrons. The third-order valence-corrected chi connectivity index (χ3v) is 1.66. The van der Waals surface area contributed by atoms with Crippen LogP contribution in [0.4, 0.5) is 0 Å². The Labute approximate surface area is 73.7 Å². The molecule has 1 heterocycles. The second kappa shape index (κ2) is 2.82. The highest BCUT2D eigenvalue weighted by Crippen LogP contribution is 2.09. The summed E-state index contributed by atoms with van der Waals surface area (Å²) < 4.78 is 5.66. The van der Waals surface area contributed by atoms with E-state index < -0.39 is 5.76 Å². The number of hydrogen-bond acceptors (Lipinski definition) is 3. The van der Waals surface area contributed by atoms with Gasteiger partial charge in [-0.3, -0.25) is 0 Å². The predicted molar refractivity (Wildman–Crippen MR) is 46.0 cm³/mol. The third kappa shape index (κ3) is 1.33. The van der Waals surface area contributed by atoms with Gasteiger partial charge in [0.2, 0.25) is 0 Å².